The Kier molecular flexibility index (Phi) is 5.45. The largest absolute Gasteiger partial charge is 0.382 e. The second kappa shape index (κ2) is 7.10. The summed E-state index contributed by atoms with van der Waals surface area (Å²) in [6.07, 6.45) is 3.50. The van der Waals surface area contributed by atoms with E-state index in [-0.39, 0.29) is 0 Å². The second-order valence-electron chi connectivity index (χ2n) is 4.98. The summed E-state index contributed by atoms with van der Waals surface area (Å²) in [7, 11) is 2.15. The standard InChI is InChI=1S/C14H20F2N2S/c1-18-9-2-3-11(8-10-18)17-12-4-6-13(7-5-12)19-14(15)16/h4-7,11,14,17H,2-3,8-10H2,1H3. The van der Waals surface area contributed by atoms with Gasteiger partial charge in [0.05, 0.1) is 0 Å². The van der Waals surface area contributed by atoms with Crippen LogP contribution in [0.25, 0.3) is 0 Å². The quantitative estimate of drug-likeness (QED) is 0.845. The molecule has 1 heterocycles. The molecule has 1 aliphatic heterocycles. The third kappa shape index (κ3) is 4.99. The van der Waals surface area contributed by atoms with E-state index in [0.717, 1.165) is 31.6 Å². The highest BCUT2D eigenvalue weighted by Gasteiger charge is 2.14. The molecule has 1 aromatic carbocycles. The molecule has 0 radical (unpaired) electrons. The lowest BCUT2D eigenvalue weighted by atomic mass is 10.1. The van der Waals surface area contributed by atoms with Gasteiger partial charge in [-0.2, -0.15) is 8.78 Å². The molecule has 1 unspecified atom stereocenters. The monoisotopic (exact) mass is 286 g/mol. The topological polar surface area (TPSA) is 15.3 Å². The second-order valence-corrected chi connectivity index (χ2v) is 6.04. The summed E-state index contributed by atoms with van der Waals surface area (Å²) in [5.41, 5.74) is 1.02. The minimum Gasteiger partial charge on any atom is -0.382 e. The van der Waals surface area contributed by atoms with Crippen LogP contribution in [-0.2, 0) is 0 Å². The number of thioether (sulfide) groups is 1. The fraction of sp³-hybridized carbons (Fsp3) is 0.571. The van der Waals surface area contributed by atoms with Crippen LogP contribution in [0.15, 0.2) is 29.2 Å². The summed E-state index contributed by atoms with van der Waals surface area (Å²) in [6, 6.07) is 7.77. The molecule has 1 saturated heterocycles. The Hall–Kier alpha value is -0.810. The van der Waals surface area contributed by atoms with Crippen molar-refractivity contribution in [2.75, 3.05) is 25.5 Å². The van der Waals surface area contributed by atoms with E-state index in [1.165, 1.54) is 6.42 Å². The normalized spacial score (nSPS) is 21.4. The maximum atomic E-state index is 12.2. The SMILES string of the molecule is CN1CCCC(Nc2ccc(SC(F)F)cc2)CC1. The molecule has 0 aromatic heterocycles. The third-order valence-electron chi connectivity index (χ3n) is 3.40. The molecule has 1 N–H and O–H groups in total. The van der Waals surface area contributed by atoms with Crippen LogP contribution < -0.4 is 5.32 Å². The number of nitrogens with one attached hydrogen (secondary N) is 1. The molecule has 2 nitrogen and oxygen atoms in total. The van der Waals surface area contributed by atoms with Gasteiger partial charge in [-0.1, -0.05) is 11.8 Å². The van der Waals surface area contributed by atoms with Crippen LogP contribution in [0.3, 0.4) is 0 Å². The first kappa shape index (κ1) is 14.6. The van der Waals surface area contributed by atoms with E-state index in [2.05, 4.69) is 17.3 Å². The van der Waals surface area contributed by atoms with Crippen LogP contribution >= 0.6 is 11.8 Å². The van der Waals surface area contributed by atoms with Crippen molar-refractivity contribution in [2.45, 2.75) is 36.0 Å². The zero-order chi connectivity index (χ0) is 13.7. The minimum atomic E-state index is -2.35. The van der Waals surface area contributed by atoms with Crippen molar-refractivity contribution in [2.24, 2.45) is 0 Å². The third-order valence-corrected chi connectivity index (χ3v) is 4.12. The number of halogens is 2. The Morgan fingerprint density at radius 1 is 1.21 bits per heavy atom. The van der Waals surface area contributed by atoms with Gasteiger partial charge in [0.1, 0.15) is 0 Å². The first-order chi connectivity index (χ1) is 9.13. The maximum Gasteiger partial charge on any atom is 0.288 e. The van der Waals surface area contributed by atoms with Gasteiger partial charge >= 0.3 is 0 Å². The van der Waals surface area contributed by atoms with E-state index in [0.29, 0.717) is 22.7 Å². The van der Waals surface area contributed by atoms with Crippen molar-refractivity contribution in [3.8, 4) is 0 Å². The van der Waals surface area contributed by atoms with Crippen molar-refractivity contribution in [1.29, 1.82) is 0 Å². The lowest BCUT2D eigenvalue weighted by Gasteiger charge is -2.18. The predicted molar refractivity (Wildman–Crippen MR) is 77.1 cm³/mol. The number of likely N-dealkylation sites (tertiary alicyclic amines) is 1. The molecule has 0 aliphatic carbocycles. The zero-order valence-corrected chi connectivity index (χ0v) is 11.9. The molecule has 19 heavy (non-hydrogen) atoms. The average molecular weight is 286 g/mol. The van der Waals surface area contributed by atoms with Gasteiger partial charge in [0.25, 0.3) is 5.76 Å². The molecule has 0 bridgehead atoms. The van der Waals surface area contributed by atoms with Gasteiger partial charge < -0.3 is 10.2 Å². The first-order valence-electron chi connectivity index (χ1n) is 6.63. The summed E-state index contributed by atoms with van der Waals surface area (Å²) >= 11 is 0.589. The lowest BCUT2D eigenvalue weighted by Crippen LogP contribution is -2.22. The lowest BCUT2D eigenvalue weighted by molar-refractivity contribution is 0.252. The van der Waals surface area contributed by atoms with E-state index in [1.54, 1.807) is 12.1 Å². The molecule has 1 aliphatic rings. The smallest absolute Gasteiger partial charge is 0.288 e. The van der Waals surface area contributed by atoms with Crippen LogP contribution in [0.2, 0.25) is 0 Å². The Balaban J connectivity index is 1.88. The Morgan fingerprint density at radius 2 is 1.95 bits per heavy atom. The fourth-order valence-electron chi connectivity index (χ4n) is 2.35. The van der Waals surface area contributed by atoms with Gasteiger partial charge in [-0.3, -0.25) is 0 Å². The van der Waals surface area contributed by atoms with Gasteiger partial charge in [0.15, 0.2) is 0 Å². The van der Waals surface area contributed by atoms with Crippen molar-refractivity contribution < 1.29 is 8.78 Å². The van der Waals surface area contributed by atoms with Gasteiger partial charge in [0, 0.05) is 16.6 Å². The van der Waals surface area contributed by atoms with E-state index < -0.39 is 5.76 Å². The molecule has 1 atom stereocenters. The average Bonchev–Trinajstić information content (AvgIpc) is 2.56. The van der Waals surface area contributed by atoms with Crippen molar-refractivity contribution in [3.05, 3.63) is 24.3 Å². The number of anilines is 1. The van der Waals surface area contributed by atoms with Crippen molar-refractivity contribution in [3.63, 3.8) is 0 Å². The highest BCUT2D eigenvalue weighted by atomic mass is 32.2. The summed E-state index contributed by atoms with van der Waals surface area (Å²) in [5, 5.41) is 3.50. The van der Waals surface area contributed by atoms with Gasteiger partial charge in [-0.15, -0.1) is 0 Å². The summed E-state index contributed by atoms with van der Waals surface area (Å²) in [4.78, 5) is 2.96. The molecule has 2 rings (SSSR count). The summed E-state index contributed by atoms with van der Waals surface area (Å²) in [5.74, 6) is -2.35. The van der Waals surface area contributed by atoms with Crippen LogP contribution in [0.4, 0.5) is 14.5 Å². The van der Waals surface area contributed by atoms with E-state index in [4.69, 9.17) is 0 Å². The first-order valence-corrected chi connectivity index (χ1v) is 7.51. The van der Waals surface area contributed by atoms with Crippen molar-refractivity contribution >= 4 is 17.4 Å². The summed E-state index contributed by atoms with van der Waals surface area (Å²) < 4.78 is 24.4. The van der Waals surface area contributed by atoms with Gasteiger partial charge in [-0.25, -0.2) is 0 Å². The number of rotatable bonds is 4. The van der Waals surface area contributed by atoms with Gasteiger partial charge in [-0.05, 0) is 63.7 Å². The summed E-state index contributed by atoms with van der Waals surface area (Å²) in [6.45, 7) is 2.26. The molecule has 0 amide bonds. The number of hydrogen-bond donors (Lipinski definition) is 1. The van der Waals surface area contributed by atoms with Crippen LogP contribution in [0.5, 0.6) is 0 Å². The Morgan fingerprint density at radius 3 is 2.63 bits per heavy atom. The molecular weight excluding hydrogens is 266 g/mol. The van der Waals surface area contributed by atoms with E-state index in [9.17, 15) is 8.78 Å². The van der Waals surface area contributed by atoms with Gasteiger partial charge in [0.2, 0.25) is 0 Å². The van der Waals surface area contributed by atoms with Crippen LogP contribution in [0.1, 0.15) is 19.3 Å². The number of alkyl halides is 2. The molecule has 5 heteroatoms. The number of nitrogens with zero attached hydrogens (tertiary/aromatic N) is 1. The maximum absolute atomic E-state index is 12.2. The van der Waals surface area contributed by atoms with E-state index >= 15 is 0 Å². The molecular formula is C14H20F2N2S. The molecule has 106 valence electrons. The predicted octanol–water partition coefficient (Wildman–Crippen LogP) is 3.90. The van der Waals surface area contributed by atoms with Crippen molar-refractivity contribution in [1.82, 2.24) is 4.90 Å². The van der Waals surface area contributed by atoms with Crippen LogP contribution in [0, 0.1) is 0 Å². The number of hydrogen-bond acceptors (Lipinski definition) is 3. The minimum absolute atomic E-state index is 0.485. The van der Waals surface area contributed by atoms with E-state index in [1.807, 2.05) is 12.1 Å². The van der Waals surface area contributed by atoms with Crippen LogP contribution in [-0.4, -0.2) is 36.8 Å². The highest BCUT2D eigenvalue weighted by Crippen LogP contribution is 2.26. The Bertz CT molecular complexity index is 384. The molecule has 1 aromatic rings. The highest BCUT2D eigenvalue weighted by molar-refractivity contribution is 7.99. The Labute approximate surface area is 117 Å². The molecule has 0 spiro atoms. The number of benzene rings is 1. The zero-order valence-electron chi connectivity index (χ0n) is 11.1. The molecule has 1 fully saturated rings. The molecule has 0 saturated carbocycles. The fourth-order valence-corrected chi connectivity index (χ4v) is 2.85.